The molecule has 0 aromatic rings. The zero-order chi connectivity index (χ0) is 12.6. The van der Waals surface area contributed by atoms with E-state index in [1.807, 2.05) is 0 Å². The second kappa shape index (κ2) is 7.62. The number of nitrogens with two attached hydrogens (primary N) is 1. The summed E-state index contributed by atoms with van der Waals surface area (Å²) in [6.45, 7) is 4.06. The molecule has 0 heterocycles. The smallest absolute Gasteiger partial charge is 0.238 e. The molecule has 3 N–H and O–H groups in total. The van der Waals surface area contributed by atoms with Crippen LogP contribution in [0.25, 0.3) is 0 Å². The number of unbranched alkanes of at least 4 members (excludes halogenated alkanes) is 2. The molecule has 1 amide bonds. The number of amides is 1. The SMILES string of the molecule is CCCCCNC(=O)C(C)S(=O)(=O)CCN. The van der Waals surface area contributed by atoms with E-state index in [-0.39, 0.29) is 12.3 Å². The van der Waals surface area contributed by atoms with E-state index < -0.39 is 21.0 Å². The Kier molecular flexibility index (Phi) is 7.33. The Labute approximate surface area is 97.7 Å². The molecule has 0 aliphatic rings. The molecule has 1 unspecified atom stereocenters. The van der Waals surface area contributed by atoms with E-state index in [1.165, 1.54) is 6.92 Å². The third kappa shape index (κ3) is 5.46. The molecule has 0 fully saturated rings. The van der Waals surface area contributed by atoms with Crippen molar-refractivity contribution >= 4 is 15.7 Å². The minimum atomic E-state index is -3.39. The predicted molar refractivity (Wildman–Crippen MR) is 64.8 cm³/mol. The second-order valence-corrected chi connectivity index (χ2v) is 6.24. The van der Waals surface area contributed by atoms with E-state index in [0.717, 1.165) is 19.3 Å². The Bertz CT molecular complexity index is 301. The minimum absolute atomic E-state index is 0.0514. The fourth-order valence-electron chi connectivity index (χ4n) is 1.23. The van der Waals surface area contributed by atoms with Crippen LogP contribution in [0.4, 0.5) is 0 Å². The number of carbonyl (C=O) groups is 1. The van der Waals surface area contributed by atoms with Gasteiger partial charge in [-0.1, -0.05) is 19.8 Å². The minimum Gasteiger partial charge on any atom is -0.355 e. The van der Waals surface area contributed by atoms with E-state index in [0.29, 0.717) is 6.54 Å². The van der Waals surface area contributed by atoms with Crippen LogP contribution >= 0.6 is 0 Å². The lowest BCUT2D eigenvalue weighted by Gasteiger charge is -2.12. The van der Waals surface area contributed by atoms with Crippen molar-refractivity contribution in [1.82, 2.24) is 5.32 Å². The Balaban J connectivity index is 4.08. The van der Waals surface area contributed by atoms with Crippen LogP contribution in [0.3, 0.4) is 0 Å². The first-order chi connectivity index (χ1) is 7.45. The monoisotopic (exact) mass is 250 g/mol. The van der Waals surface area contributed by atoms with Crippen molar-refractivity contribution in [2.45, 2.75) is 38.4 Å². The highest BCUT2D eigenvalue weighted by atomic mass is 32.2. The average molecular weight is 250 g/mol. The maximum absolute atomic E-state index is 11.5. The summed E-state index contributed by atoms with van der Waals surface area (Å²) in [6, 6.07) is 0. The lowest BCUT2D eigenvalue weighted by molar-refractivity contribution is -0.120. The van der Waals surface area contributed by atoms with Crippen molar-refractivity contribution < 1.29 is 13.2 Å². The van der Waals surface area contributed by atoms with Gasteiger partial charge in [-0.25, -0.2) is 8.42 Å². The Morgan fingerprint density at radius 1 is 1.38 bits per heavy atom. The molecular formula is C10H22N2O3S. The molecule has 96 valence electrons. The first-order valence-corrected chi connectivity index (χ1v) is 7.36. The molecule has 0 saturated heterocycles. The first-order valence-electron chi connectivity index (χ1n) is 5.65. The summed E-state index contributed by atoms with van der Waals surface area (Å²) in [6.07, 6.45) is 2.98. The van der Waals surface area contributed by atoms with Crippen molar-refractivity contribution in [2.75, 3.05) is 18.8 Å². The molecule has 5 nitrogen and oxygen atoms in total. The van der Waals surface area contributed by atoms with Crippen molar-refractivity contribution in [3.05, 3.63) is 0 Å². The number of hydrogen-bond donors (Lipinski definition) is 2. The zero-order valence-electron chi connectivity index (χ0n) is 10.0. The number of rotatable bonds is 8. The zero-order valence-corrected chi connectivity index (χ0v) is 10.8. The van der Waals surface area contributed by atoms with Crippen molar-refractivity contribution in [3.8, 4) is 0 Å². The summed E-state index contributed by atoms with van der Waals surface area (Å²) < 4.78 is 23.0. The van der Waals surface area contributed by atoms with Crippen molar-refractivity contribution in [3.63, 3.8) is 0 Å². The van der Waals surface area contributed by atoms with E-state index in [4.69, 9.17) is 5.73 Å². The van der Waals surface area contributed by atoms with Gasteiger partial charge in [0, 0.05) is 13.1 Å². The van der Waals surface area contributed by atoms with Crippen LogP contribution < -0.4 is 11.1 Å². The van der Waals surface area contributed by atoms with Crippen LogP contribution in [0.2, 0.25) is 0 Å². The topological polar surface area (TPSA) is 89.3 Å². The summed E-state index contributed by atoms with van der Waals surface area (Å²) in [5.41, 5.74) is 5.18. The molecule has 0 aromatic carbocycles. The quantitative estimate of drug-likeness (QED) is 0.596. The molecule has 0 radical (unpaired) electrons. The van der Waals surface area contributed by atoms with Gasteiger partial charge in [-0.3, -0.25) is 4.79 Å². The number of carbonyl (C=O) groups excluding carboxylic acids is 1. The molecule has 0 aromatic heterocycles. The molecule has 16 heavy (non-hydrogen) atoms. The summed E-state index contributed by atoms with van der Waals surface area (Å²) in [7, 11) is -3.39. The van der Waals surface area contributed by atoms with E-state index in [1.54, 1.807) is 0 Å². The van der Waals surface area contributed by atoms with Crippen molar-refractivity contribution in [1.29, 1.82) is 0 Å². The molecule has 0 spiro atoms. The third-order valence-electron chi connectivity index (χ3n) is 2.39. The molecule has 1 atom stereocenters. The lowest BCUT2D eigenvalue weighted by Crippen LogP contribution is -2.40. The van der Waals surface area contributed by atoms with Gasteiger partial charge in [0.25, 0.3) is 0 Å². The third-order valence-corrected chi connectivity index (χ3v) is 4.49. The van der Waals surface area contributed by atoms with E-state index in [9.17, 15) is 13.2 Å². The predicted octanol–water partition coefficient (Wildman–Crippen LogP) is 0.0548. The van der Waals surface area contributed by atoms with E-state index in [2.05, 4.69) is 12.2 Å². The van der Waals surface area contributed by atoms with Gasteiger partial charge < -0.3 is 11.1 Å². The summed E-state index contributed by atoms with van der Waals surface area (Å²) in [4.78, 5) is 11.5. The highest BCUT2D eigenvalue weighted by Crippen LogP contribution is 2.01. The largest absolute Gasteiger partial charge is 0.355 e. The van der Waals surface area contributed by atoms with Gasteiger partial charge in [0.1, 0.15) is 5.25 Å². The van der Waals surface area contributed by atoms with Crippen LogP contribution in [-0.4, -0.2) is 38.4 Å². The second-order valence-electron chi connectivity index (χ2n) is 3.80. The standard InChI is InChI=1S/C10H22N2O3S/c1-3-4-5-7-12-10(13)9(2)16(14,15)8-6-11/h9H,3-8,11H2,1-2H3,(H,12,13). The first kappa shape index (κ1) is 15.4. The summed E-state index contributed by atoms with van der Waals surface area (Å²) in [5.74, 6) is -0.569. The molecule has 0 rings (SSSR count). The number of sulfone groups is 1. The summed E-state index contributed by atoms with van der Waals surface area (Å²) >= 11 is 0. The molecule has 0 saturated carbocycles. The normalized spacial score (nSPS) is 13.4. The van der Waals surface area contributed by atoms with Gasteiger partial charge in [0.2, 0.25) is 5.91 Å². The Morgan fingerprint density at radius 2 is 2.00 bits per heavy atom. The van der Waals surface area contributed by atoms with Crippen LogP contribution in [0, 0.1) is 0 Å². The fraction of sp³-hybridized carbons (Fsp3) is 0.900. The van der Waals surface area contributed by atoms with Crippen LogP contribution in [0.15, 0.2) is 0 Å². The van der Waals surface area contributed by atoms with Gasteiger partial charge in [0.15, 0.2) is 9.84 Å². The lowest BCUT2D eigenvalue weighted by atomic mass is 10.2. The van der Waals surface area contributed by atoms with Gasteiger partial charge >= 0.3 is 0 Å². The molecular weight excluding hydrogens is 228 g/mol. The van der Waals surface area contributed by atoms with Gasteiger partial charge in [-0.15, -0.1) is 0 Å². The molecule has 0 aliphatic carbocycles. The molecule has 6 heteroatoms. The molecule has 0 bridgehead atoms. The highest BCUT2D eigenvalue weighted by molar-refractivity contribution is 7.92. The number of nitrogens with one attached hydrogen (secondary N) is 1. The highest BCUT2D eigenvalue weighted by Gasteiger charge is 2.26. The number of hydrogen-bond acceptors (Lipinski definition) is 4. The van der Waals surface area contributed by atoms with Crippen LogP contribution in [-0.2, 0) is 14.6 Å². The van der Waals surface area contributed by atoms with E-state index >= 15 is 0 Å². The van der Waals surface area contributed by atoms with Gasteiger partial charge in [0.05, 0.1) is 5.75 Å². The summed E-state index contributed by atoms with van der Waals surface area (Å²) in [5, 5.41) is 1.62. The average Bonchev–Trinajstić information content (AvgIpc) is 2.23. The Morgan fingerprint density at radius 3 is 2.50 bits per heavy atom. The maximum atomic E-state index is 11.5. The van der Waals surface area contributed by atoms with Crippen molar-refractivity contribution in [2.24, 2.45) is 5.73 Å². The Hall–Kier alpha value is -0.620. The van der Waals surface area contributed by atoms with Crippen LogP contribution in [0.5, 0.6) is 0 Å². The van der Waals surface area contributed by atoms with Gasteiger partial charge in [-0.2, -0.15) is 0 Å². The van der Waals surface area contributed by atoms with Gasteiger partial charge in [-0.05, 0) is 13.3 Å². The van der Waals surface area contributed by atoms with Crippen LogP contribution in [0.1, 0.15) is 33.1 Å². The fourth-order valence-corrected chi connectivity index (χ4v) is 2.33. The maximum Gasteiger partial charge on any atom is 0.238 e. The molecule has 0 aliphatic heterocycles.